The maximum absolute atomic E-state index is 10.3. The smallest absolute Gasteiger partial charge is 0.343 e. The number of aliphatic hydroxyl groups is 3. The lowest BCUT2D eigenvalue weighted by atomic mass is 10.2. The van der Waals surface area contributed by atoms with Crippen LogP contribution in [0.1, 0.15) is 0 Å². The third-order valence-electron chi connectivity index (χ3n) is 1.09. The van der Waals surface area contributed by atoms with Gasteiger partial charge in [0.1, 0.15) is 0 Å². The van der Waals surface area contributed by atoms with Crippen molar-refractivity contribution in [3.63, 3.8) is 0 Å². The second-order valence-electron chi connectivity index (χ2n) is 2.30. The van der Waals surface area contributed by atoms with Gasteiger partial charge in [-0.3, -0.25) is 0 Å². The third-order valence-corrected chi connectivity index (χ3v) is 1.09. The Kier molecular flexibility index (Phi) is 4.18. The van der Waals surface area contributed by atoms with Crippen LogP contribution in [-0.2, 0) is 9.59 Å². The minimum absolute atomic E-state index is 0.362. The second kappa shape index (κ2) is 4.67. The molecule has 0 aromatic carbocycles. The average Bonchev–Trinajstić information content (AvgIpc) is 1.94. The molecule has 0 radical (unpaired) electrons. The van der Waals surface area contributed by atoms with Crippen LogP contribution < -0.4 is 5.32 Å². The Morgan fingerprint density at radius 2 is 1.71 bits per heavy atom. The molecule has 80 valence electrons. The zero-order valence-corrected chi connectivity index (χ0v) is 6.84. The van der Waals surface area contributed by atoms with Crippen molar-refractivity contribution in [1.82, 2.24) is 5.32 Å². The topological polar surface area (TPSA) is 147 Å². The van der Waals surface area contributed by atoms with Crippen molar-refractivity contribution >= 4 is 11.9 Å². The van der Waals surface area contributed by atoms with E-state index in [-0.39, 0.29) is 0 Å². The summed E-state index contributed by atoms with van der Waals surface area (Å²) in [5.41, 5.74) is -0.640. The van der Waals surface area contributed by atoms with Crippen molar-refractivity contribution in [2.75, 3.05) is 6.54 Å². The van der Waals surface area contributed by atoms with Gasteiger partial charge in [0.2, 0.25) is 0 Å². The minimum Gasteiger partial charge on any atom is -0.478 e. The zero-order valence-electron chi connectivity index (χ0n) is 6.84. The summed E-state index contributed by atoms with van der Waals surface area (Å²) in [7, 11) is 0. The van der Waals surface area contributed by atoms with Crippen LogP contribution in [0.2, 0.25) is 0 Å². The summed E-state index contributed by atoms with van der Waals surface area (Å²) < 4.78 is 0. The monoisotopic (exact) mass is 207 g/mol. The largest absolute Gasteiger partial charge is 0.478 e. The van der Waals surface area contributed by atoms with Gasteiger partial charge in [-0.1, -0.05) is 0 Å². The lowest BCUT2D eigenvalue weighted by Crippen LogP contribution is -2.46. The van der Waals surface area contributed by atoms with E-state index in [1.54, 1.807) is 5.32 Å². The fraction of sp³-hybridized carbons (Fsp3) is 0.333. The number of carboxylic acids is 2. The van der Waals surface area contributed by atoms with E-state index in [0.29, 0.717) is 6.08 Å². The van der Waals surface area contributed by atoms with Crippen molar-refractivity contribution in [3.05, 3.63) is 11.6 Å². The van der Waals surface area contributed by atoms with E-state index in [0.717, 1.165) is 0 Å². The molecular weight excluding hydrogens is 198 g/mol. The molecule has 0 amide bonds. The van der Waals surface area contributed by atoms with Crippen LogP contribution in [0.25, 0.3) is 0 Å². The molecular formula is C6H9NO7. The number of carboxylic acid groups (broad SMARTS) is 2. The lowest BCUT2D eigenvalue weighted by Gasteiger charge is -2.15. The standard InChI is InChI=1S/C6H9NO7/c8-4(9)1-3(5(10)11)2-7-6(12,13)14/h1,7,12-14H,2H2,(H,8,9)(H,10,11)/b3-1-. The number of nitrogens with one attached hydrogen (secondary N) is 1. The van der Waals surface area contributed by atoms with Crippen LogP contribution in [0.15, 0.2) is 11.6 Å². The Hall–Kier alpha value is -1.48. The fourth-order valence-corrected chi connectivity index (χ4v) is 0.551. The third kappa shape index (κ3) is 6.08. The number of hydrogen-bond donors (Lipinski definition) is 6. The van der Waals surface area contributed by atoms with Crippen LogP contribution in [0.5, 0.6) is 0 Å². The molecule has 0 aliphatic heterocycles. The van der Waals surface area contributed by atoms with E-state index in [1.165, 1.54) is 0 Å². The molecule has 0 atom stereocenters. The molecule has 0 aromatic rings. The van der Waals surface area contributed by atoms with Crippen LogP contribution in [0.3, 0.4) is 0 Å². The maximum Gasteiger partial charge on any atom is 0.343 e. The van der Waals surface area contributed by atoms with Crippen LogP contribution in [-0.4, -0.2) is 50.1 Å². The molecule has 14 heavy (non-hydrogen) atoms. The highest BCUT2D eigenvalue weighted by Gasteiger charge is 2.19. The molecule has 0 bridgehead atoms. The Bertz CT molecular complexity index is 264. The van der Waals surface area contributed by atoms with Gasteiger partial charge in [-0.2, -0.15) is 0 Å². The minimum atomic E-state index is -3.24. The highest BCUT2D eigenvalue weighted by atomic mass is 16.7. The molecule has 0 aliphatic rings. The Morgan fingerprint density at radius 3 is 2.00 bits per heavy atom. The van der Waals surface area contributed by atoms with Gasteiger partial charge in [0.05, 0.1) is 5.57 Å². The van der Waals surface area contributed by atoms with Crippen molar-refractivity contribution < 1.29 is 35.1 Å². The molecule has 0 fully saturated rings. The van der Waals surface area contributed by atoms with Gasteiger partial charge >= 0.3 is 18.0 Å². The Balaban J connectivity index is 4.41. The Labute approximate surface area is 77.7 Å². The summed E-state index contributed by atoms with van der Waals surface area (Å²) >= 11 is 0. The fourth-order valence-electron chi connectivity index (χ4n) is 0.551. The molecule has 0 aromatic heterocycles. The van der Waals surface area contributed by atoms with E-state index in [9.17, 15) is 9.59 Å². The predicted molar refractivity (Wildman–Crippen MR) is 40.7 cm³/mol. The summed E-state index contributed by atoms with van der Waals surface area (Å²) in [5, 5.41) is 43.1. The average molecular weight is 207 g/mol. The van der Waals surface area contributed by atoms with E-state index in [2.05, 4.69) is 0 Å². The first-order valence-corrected chi connectivity index (χ1v) is 3.31. The van der Waals surface area contributed by atoms with Gasteiger partial charge in [0, 0.05) is 12.6 Å². The first-order valence-electron chi connectivity index (χ1n) is 3.31. The van der Waals surface area contributed by atoms with Gasteiger partial charge in [-0.15, -0.1) is 0 Å². The highest BCUT2D eigenvalue weighted by Crippen LogP contribution is 1.95. The lowest BCUT2D eigenvalue weighted by molar-refractivity contribution is -0.330. The SMILES string of the molecule is O=C(O)/C=C(/CNC(O)(O)O)C(=O)O. The van der Waals surface area contributed by atoms with Gasteiger partial charge < -0.3 is 25.5 Å². The van der Waals surface area contributed by atoms with Crippen molar-refractivity contribution in [2.45, 2.75) is 6.10 Å². The summed E-state index contributed by atoms with van der Waals surface area (Å²) in [6.07, 6.45) is -2.88. The molecule has 0 spiro atoms. The van der Waals surface area contributed by atoms with Crippen molar-refractivity contribution in [1.29, 1.82) is 0 Å². The molecule has 0 unspecified atom stereocenters. The van der Waals surface area contributed by atoms with E-state index < -0.39 is 30.2 Å². The molecule has 0 aliphatic carbocycles. The van der Waals surface area contributed by atoms with E-state index in [1.807, 2.05) is 0 Å². The van der Waals surface area contributed by atoms with Crippen LogP contribution in [0.4, 0.5) is 0 Å². The highest BCUT2D eigenvalue weighted by molar-refractivity contribution is 5.94. The molecule has 0 heterocycles. The van der Waals surface area contributed by atoms with Gasteiger partial charge in [0.15, 0.2) is 0 Å². The molecule has 8 heteroatoms. The van der Waals surface area contributed by atoms with Crippen molar-refractivity contribution in [2.24, 2.45) is 0 Å². The quantitative estimate of drug-likeness (QED) is 0.210. The number of hydrogen-bond acceptors (Lipinski definition) is 6. The second-order valence-corrected chi connectivity index (χ2v) is 2.30. The molecule has 0 saturated heterocycles. The molecule has 0 rings (SSSR count). The first kappa shape index (κ1) is 12.5. The van der Waals surface area contributed by atoms with E-state index >= 15 is 0 Å². The van der Waals surface area contributed by atoms with Gasteiger partial charge in [-0.25, -0.2) is 14.9 Å². The molecule has 6 N–H and O–H groups in total. The first-order chi connectivity index (χ1) is 6.22. The van der Waals surface area contributed by atoms with Gasteiger partial charge in [0.25, 0.3) is 0 Å². The summed E-state index contributed by atoms with van der Waals surface area (Å²) in [6, 6.07) is 0. The van der Waals surface area contributed by atoms with Crippen molar-refractivity contribution in [3.8, 4) is 0 Å². The molecule has 0 saturated carbocycles. The number of rotatable bonds is 5. The maximum atomic E-state index is 10.3. The molecule has 8 nitrogen and oxygen atoms in total. The van der Waals surface area contributed by atoms with E-state index in [4.69, 9.17) is 25.5 Å². The summed E-state index contributed by atoms with van der Waals surface area (Å²) in [5.74, 6) is -3.05. The summed E-state index contributed by atoms with van der Waals surface area (Å²) in [4.78, 5) is 20.4. The van der Waals surface area contributed by atoms with Crippen LogP contribution in [0, 0.1) is 0 Å². The normalized spacial score (nSPS) is 12.6. The predicted octanol–water partition coefficient (Wildman–Crippen LogP) is -2.74. The Morgan fingerprint density at radius 1 is 1.21 bits per heavy atom. The van der Waals surface area contributed by atoms with Crippen LogP contribution >= 0.6 is 0 Å². The zero-order chi connectivity index (χ0) is 11.4. The van der Waals surface area contributed by atoms with Gasteiger partial charge in [-0.05, 0) is 0 Å². The summed E-state index contributed by atoms with van der Waals surface area (Å²) in [6.45, 7) is -0.717. The number of carbonyl (C=O) groups is 2. The number of aliphatic carboxylic acids is 2.